The lowest BCUT2D eigenvalue weighted by atomic mass is 9.99. The highest BCUT2D eigenvalue weighted by Crippen LogP contribution is 2.37. The summed E-state index contributed by atoms with van der Waals surface area (Å²) in [5, 5.41) is 4.59. The van der Waals surface area contributed by atoms with Crippen molar-refractivity contribution in [3.63, 3.8) is 0 Å². The Morgan fingerprint density at radius 3 is 2.32 bits per heavy atom. The fourth-order valence-corrected chi connectivity index (χ4v) is 5.20. The SMILES string of the molecule is Cc1ccc(S(=O)(=O)N2N=C(c3ccccc3)C[C@H]2c2ccc3nccnc3c2)cc1. The van der Waals surface area contributed by atoms with Gasteiger partial charge in [-0.15, -0.1) is 0 Å². The predicted molar refractivity (Wildman–Crippen MR) is 120 cm³/mol. The van der Waals surface area contributed by atoms with E-state index < -0.39 is 16.1 Å². The van der Waals surface area contributed by atoms with Crippen LogP contribution in [0.3, 0.4) is 0 Å². The number of hydrogen-bond donors (Lipinski definition) is 0. The molecule has 0 N–H and O–H groups in total. The van der Waals surface area contributed by atoms with E-state index in [9.17, 15) is 8.42 Å². The van der Waals surface area contributed by atoms with Gasteiger partial charge >= 0.3 is 0 Å². The second-order valence-corrected chi connectivity index (χ2v) is 9.32. The highest BCUT2D eigenvalue weighted by molar-refractivity contribution is 7.89. The number of hydrogen-bond acceptors (Lipinski definition) is 5. The molecule has 7 heteroatoms. The van der Waals surface area contributed by atoms with Crippen LogP contribution in [0.5, 0.6) is 0 Å². The molecule has 1 atom stereocenters. The minimum absolute atomic E-state index is 0.224. The molecule has 3 aromatic carbocycles. The number of fused-ring (bicyclic) bond motifs is 1. The molecule has 0 spiro atoms. The van der Waals surface area contributed by atoms with E-state index in [1.165, 1.54) is 4.41 Å². The number of aromatic nitrogens is 2. The molecule has 0 unspecified atom stereocenters. The second-order valence-electron chi connectivity index (χ2n) is 7.53. The molecule has 1 aliphatic rings. The van der Waals surface area contributed by atoms with Crippen molar-refractivity contribution < 1.29 is 8.42 Å². The van der Waals surface area contributed by atoms with E-state index in [-0.39, 0.29) is 4.90 Å². The quantitative estimate of drug-likeness (QED) is 0.480. The number of nitrogens with zero attached hydrogens (tertiary/aromatic N) is 4. The lowest BCUT2D eigenvalue weighted by Crippen LogP contribution is -2.27. The van der Waals surface area contributed by atoms with E-state index >= 15 is 0 Å². The predicted octanol–water partition coefficient (Wildman–Crippen LogP) is 4.48. The van der Waals surface area contributed by atoms with Gasteiger partial charge in [0.1, 0.15) is 0 Å². The summed E-state index contributed by atoms with van der Waals surface area (Å²) in [5.41, 5.74) is 4.97. The normalized spacial score (nSPS) is 16.5. The van der Waals surface area contributed by atoms with Crippen LogP contribution >= 0.6 is 0 Å². The maximum atomic E-state index is 13.6. The number of sulfonamides is 1. The molecule has 0 radical (unpaired) electrons. The molecule has 1 aliphatic heterocycles. The van der Waals surface area contributed by atoms with Crippen LogP contribution in [-0.4, -0.2) is 28.5 Å². The summed E-state index contributed by atoms with van der Waals surface area (Å²) in [6.45, 7) is 1.93. The largest absolute Gasteiger partial charge is 0.279 e. The van der Waals surface area contributed by atoms with E-state index in [1.54, 1.807) is 36.7 Å². The maximum Gasteiger partial charge on any atom is 0.279 e. The number of hydrazone groups is 1. The van der Waals surface area contributed by atoms with Gasteiger partial charge in [0.25, 0.3) is 10.0 Å². The third-order valence-corrected chi connectivity index (χ3v) is 7.12. The Labute approximate surface area is 181 Å². The van der Waals surface area contributed by atoms with Crippen LogP contribution in [0.4, 0.5) is 0 Å². The van der Waals surface area contributed by atoms with Gasteiger partial charge in [-0.05, 0) is 42.3 Å². The first-order valence-electron chi connectivity index (χ1n) is 9.97. The average molecular weight is 429 g/mol. The molecule has 6 nitrogen and oxygen atoms in total. The highest BCUT2D eigenvalue weighted by atomic mass is 32.2. The van der Waals surface area contributed by atoms with Gasteiger partial charge in [-0.3, -0.25) is 9.97 Å². The standard InChI is InChI=1S/C24H20N4O2S/c1-17-7-10-20(11-8-17)31(29,30)28-24(16-22(27-28)18-5-3-2-4-6-18)19-9-12-21-23(15-19)26-14-13-25-21/h2-15,24H,16H2,1H3/t24-/m0/s1. The zero-order valence-electron chi connectivity index (χ0n) is 16.9. The Morgan fingerprint density at radius 1 is 0.871 bits per heavy atom. The highest BCUT2D eigenvalue weighted by Gasteiger charge is 2.37. The van der Waals surface area contributed by atoms with Crippen LogP contribution in [0, 0.1) is 6.92 Å². The smallest absolute Gasteiger partial charge is 0.253 e. The first-order chi connectivity index (χ1) is 15.0. The van der Waals surface area contributed by atoms with Gasteiger partial charge in [0.2, 0.25) is 0 Å². The monoisotopic (exact) mass is 428 g/mol. The lowest BCUT2D eigenvalue weighted by Gasteiger charge is -2.23. The Balaban J connectivity index is 1.62. The van der Waals surface area contributed by atoms with Crippen LogP contribution in [-0.2, 0) is 10.0 Å². The lowest BCUT2D eigenvalue weighted by molar-refractivity contribution is 0.371. The van der Waals surface area contributed by atoms with Crippen molar-refractivity contribution in [1.29, 1.82) is 0 Å². The van der Waals surface area contributed by atoms with Crippen LogP contribution in [0.2, 0.25) is 0 Å². The number of rotatable bonds is 4. The molecule has 154 valence electrons. The van der Waals surface area contributed by atoms with E-state index in [0.717, 1.165) is 33.4 Å². The van der Waals surface area contributed by atoms with Gasteiger partial charge in [-0.1, -0.05) is 54.1 Å². The summed E-state index contributed by atoms with van der Waals surface area (Å²) in [5.74, 6) is 0. The first kappa shape index (κ1) is 19.4. The second kappa shape index (κ2) is 7.59. The number of aryl methyl sites for hydroxylation is 1. The molecule has 5 rings (SSSR count). The van der Waals surface area contributed by atoms with Crippen LogP contribution < -0.4 is 0 Å². The van der Waals surface area contributed by atoms with E-state index in [0.29, 0.717) is 6.42 Å². The molecule has 4 aromatic rings. The minimum Gasteiger partial charge on any atom is -0.253 e. The Bertz CT molecular complexity index is 1380. The fourth-order valence-electron chi connectivity index (χ4n) is 3.77. The zero-order chi connectivity index (χ0) is 21.4. The third kappa shape index (κ3) is 3.57. The maximum absolute atomic E-state index is 13.6. The van der Waals surface area contributed by atoms with Gasteiger partial charge in [0.05, 0.1) is 27.7 Å². The van der Waals surface area contributed by atoms with Gasteiger partial charge in [0, 0.05) is 18.8 Å². The van der Waals surface area contributed by atoms with Crippen molar-refractivity contribution in [3.8, 4) is 0 Å². The Kier molecular flexibility index (Phi) is 4.75. The molecule has 31 heavy (non-hydrogen) atoms. The molecule has 0 fully saturated rings. The molecule has 0 amide bonds. The van der Waals surface area contributed by atoms with E-state index in [2.05, 4.69) is 15.1 Å². The first-order valence-corrected chi connectivity index (χ1v) is 11.4. The minimum atomic E-state index is -3.84. The van der Waals surface area contributed by atoms with Crippen molar-refractivity contribution in [2.45, 2.75) is 24.3 Å². The van der Waals surface area contributed by atoms with Crippen molar-refractivity contribution in [2.24, 2.45) is 5.10 Å². The molecule has 1 aromatic heterocycles. The van der Waals surface area contributed by atoms with Crippen molar-refractivity contribution in [3.05, 3.63) is 102 Å². The summed E-state index contributed by atoms with van der Waals surface area (Å²) in [6, 6.07) is 21.7. The van der Waals surface area contributed by atoms with E-state index in [4.69, 9.17) is 0 Å². The van der Waals surface area contributed by atoms with Crippen LogP contribution in [0.25, 0.3) is 11.0 Å². The summed E-state index contributed by atoms with van der Waals surface area (Å²) in [7, 11) is -3.84. The summed E-state index contributed by atoms with van der Waals surface area (Å²) < 4.78 is 28.4. The van der Waals surface area contributed by atoms with Gasteiger partial charge < -0.3 is 0 Å². The van der Waals surface area contributed by atoms with E-state index in [1.807, 2.05) is 55.5 Å². The molecule has 0 saturated carbocycles. The average Bonchev–Trinajstić information content (AvgIpc) is 3.26. The summed E-state index contributed by atoms with van der Waals surface area (Å²) >= 11 is 0. The van der Waals surface area contributed by atoms with Crippen molar-refractivity contribution >= 4 is 26.8 Å². The third-order valence-electron chi connectivity index (χ3n) is 5.42. The van der Waals surface area contributed by atoms with Crippen molar-refractivity contribution in [1.82, 2.24) is 14.4 Å². The molecule has 0 bridgehead atoms. The molecular formula is C24H20N4O2S. The summed E-state index contributed by atoms with van der Waals surface area (Å²) in [6.07, 6.45) is 3.75. The van der Waals surface area contributed by atoms with Crippen molar-refractivity contribution in [2.75, 3.05) is 0 Å². The van der Waals surface area contributed by atoms with Crippen LogP contribution in [0.15, 0.2) is 95.2 Å². The van der Waals surface area contributed by atoms with Gasteiger partial charge in [-0.25, -0.2) is 0 Å². The Morgan fingerprint density at radius 2 is 1.58 bits per heavy atom. The topological polar surface area (TPSA) is 75.5 Å². The molecule has 0 saturated heterocycles. The number of benzene rings is 3. The molecule has 0 aliphatic carbocycles. The van der Waals surface area contributed by atoms with Gasteiger partial charge in [0.15, 0.2) is 0 Å². The molecular weight excluding hydrogens is 408 g/mol. The molecule has 2 heterocycles. The summed E-state index contributed by atoms with van der Waals surface area (Å²) in [4.78, 5) is 8.91. The fraction of sp³-hybridized carbons (Fsp3) is 0.125. The Hall–Kier alpha value is -3.58. The van der Waals surface area contributed by atoms with Crippen LogP contribution in [0.1, 0.15) is 29.2 Å². The zero-order valence-corrected chi connectivity index (χ0v) is 17.7. The van der Waals surface area contributed by atoms with Gasteiger partial charge in [-0.2, -0.15) is 17.9 Å².